The maximum atomic E-state index is 12.3. The van der Waals surface area contributed by atoms with Gasteiger partial charge in [-0.15, -0.1) is 0 Å². The Hall–Kier alpha value is -2.54. The molecule has 1 fully saturated rings. The van der Waals surface area contributed by atoms with Crippen LogP contribution in [0.3, 0.4) is 0 Å². The molecule has 7 nitrogen and oxygen atoms in total. The van der Waals surface area contributed by atoms with E-state index < -0.39 is 0 Å². The molecule has 0 aromatic carbocycles. The van der Waals surface area contributed by atoms with E-state index in [1.54, 1.807) is 14.1 Å². The van der Waals surface area contributed by atoms with E-state index in [0.717, 1.165) is 48.7 Å². The molecule has 0 saturated carbocycles. The van der Waals surface area contributed by atoms with Crippen molar-refractivity contribution in [3.8, 4) is 0 Å². The number of nitrogens with one attached hydrogen (secondary N) is 1. The molecule has 150 valence electrons. The Kier molecular flexibility index (Phi) is 6.24. The summed E-state index contributed by atoms with van der Waals surface area (Å²) < 4.78 is 0. The Morgan fingerprint density at radius 3 is 2.79 bits per heavy atom. The molecule has 1 amide bonds. The summed E-state index contributed by atoms with van der Waals surface area (Å²) in [6.45, 7) is 7.96. The van der Waals surface area contributed by atoms with Gasteiger partial charge in [0.25, 0.3) is 5.91 Å². The number of rotatable bonds is 6. The zero-order chi connectivity index (χ0) is 20.3. The Bertz CT molecular complexity index is 823. The Labute approximate surface area is 167 Å². The molecule has 0 bridgehead atoms. The smallest absolute Gasteiger partial charge is 0.291 e. The number of carbonyl (C=O) groups excluding carboxylic acids is 1. The van der Waals surface area contributed by atoms with Gasteiger partial charge in [0.1, 0.15) is 5.82 Å². The molecular weight excluding hydrogens is 352 g/mol. The molecule has 1 N–H and O–H groups in total. The van der Waals surface area contributed by atoms with Gasteiger partial charge >= 0.3 is 0 Å². The number of aryl methyl sites for hydroxylation is 1. The molecule has 0 radical (unpaired) electrons. The summed E-state index contributed by atoms with van der Waals surface area (Å²) in [7, 11) is 3.44. The molecule has 1 aliphatic heterocycles. The average Bonchev–Trinajstić information content (AvgIpc) is 3.11. The Morgan fingerprint density at radius 1 is 1.32 bits per heavy atom. The van der Waals surface area contributed by atoms with Crippen molar-refractivity contribution in [2.75, 3.05) is 32.1 Å². The third-order valence-corrected chi connectivity index (χ3v) is 5.21. The third-order valence-electron chi connectivity index (χ3n) is 5.21. The minimum atomic E-state index is -0.165. The normalized spacial score (nSPS) is 17.6. The van der Waals surface area contributed by atoms with Crippen molar-refractivity contribution in [2.24, 2.45) is 0 Å². The lowest BCUT2D eigenvalue weighted by atomic mass is 10.1. The van der Waals surface area contributed by atoms with E-state index in [1.165, 1.54) is 4.90 Å². The van der Waals surface area contributed by atoms with Crippen LogP contribution in [0.15, 0.2) is 24.4 Å². The highest BCUT2D eigenvalue weighted by Gasteiger charge is 2.27. The van der Waals surface area contributed by atoms with E-state index in [9.17, 15) is 4.79 Å². The number of carbonyl (C=O) groups is 1. The molecule has 2 aromatic heterocycles. The summed E-state index contributed by atoms with van der Waals surface area (Å²) in [5, 5.41) is 3.72. The molecular formula is C21H30N6O. The van der Waals surface area contributed by atoms with Crippen LogP contribution in [0.1, 0.15) is 40.9 Å². The number of anilines is 1. The van der Waals surface area contributed by atoms with Crippen molar-refractivity contribution in [1.29, 1.82) is 0 Å². The van der Waals surface area contributed by atoms with Gasteiger partial charge < -0.3 is 15.1 Å². The fraction of sp³-hybridized carbons (Fsp3) is 0.524. The van der Waals surface area contributed by atoms with Crippen molar-refractivity contribution >= 4 is 11.7 Å². The van der Waals surface area contributed by atoms with Crippen LogP contribution < -0.4 is 10.2 Å². The van der Waals surface area contributed by atoms with Crippen LogP contribution in [0.25, 0.3) is 0 Å². The SMILES string of the molecule is Cc1nc(C(=O)N(C)C)nc(N2CC[C@@H](NC(C)Cc3ccccn3)C2)c1C. The summed E-state index contributed by atoms with van der Waals surface area (Å²) in [4.78, 5) is 29.5. The number of nitrogens with zero attached hydrogens (tertiary/aromatic N) is 5. The second-order valence-electron chi connectivity index (χ2n) is 7.81. The van der Waals surface area contributed by atoms with Crippen LogP contribution in [0.5, 0.6) is 0 Å². The number of hydrogen-bond acceptors (Lipinski definition) is 6. The molecule has 2 aromatic rings. The second kappa shape index (κ2) is 8.65. The van der Waals surface area contributed by atoms with Gasteiger partial charge in [-0.2, -0.15) is 0 Å². The number of aromatic nitrogens is 3. The zero-order valence-corrected chi connectivity index (χ0v) is 17.4. The first kappa shape index (κ1) is 20.2. The molecule has 3 rings (SSSR count). The van der Waals surface area contributed by atoms with Gasteiger partial charge in [0.05, 0.1) is 0 Å². The van der Waals surface area contributed by atoms with E-state index >= 15 is 0 Å². The highest BCUT2D eigenvalue weighted by atomic mass is 16.2. The van der Waals surface area contributed by atoms with Crippen LogP contribution in [-0.4, -0.2) is 65.0 Å². The van der Waals surface area contributed by atoms with Gasteiger partial charge in [-0.1, -0.05) is 6.07 Å². The highest BCUT2D eigenvalue weighted by molar-refractivity contribution is 5.90. The van der Waals surface area contributed by atoms with Gasteiger partial charge in [-0.3, -0.25) is 9.78 Å². The second-order valence-corrected chi connectivity index (χ2v) is 7.81. The van der Waals surface area contributed by atoms with E-state index in [4.69, 9.17) is 0 Å². The van der Waals surface area contributed by atoms with Gasteiger partial charge in [-0.05, 0) is 39.3 Å². The summed E-state index contributed by atoms with van der Waals surface area (Å²) >= 11 is 0. The topological polar surface area (TPSA) is 74.2 Å². The number of amides is 1. The molecule has 0 aliphatic carbocycles. The van der Waals surface area contributed by atoms with Gasteiger partial charge in [0, 0.05) is 68.8 Å². The van der Waals surface area contributed by atoms with Crippen molar-refractivity contribution in [1.82, 2.24) is 25.2 Å². The molecule has 1 unspecified atom stereocenters. The molecule has 2 atom stereocenters. The Balaban J connectivity index is 1.67. The van der Waals surface area contributed by atoms with E-state index in [1.807, 2.05) is 32.2 Å². The van der Waals surface area contributed by atoms with Crippen molar-refractivity contribution < 1.29 is 4.79 Å². The van der Waals surface area contributed by atoms with E-state index in [0.29, 0.717) is 12.1 Å². The van der Waals surface area contributed by atoms with Crippen LogP contribution in [0.2, 0.25) is 0 Å². The number of pyridine rings is 1. The third kappa shape index (κ3) is 4.65. The Morgan fingerprint density at radius 2 is 2.11 bits per heavy atom. The van der Waals surface area contributed by atoms with Crippen molar-refractivity contribution in [3.63, 3.8) is 0 Å². The number of hydrogen-bond donors (Lipinski definition) is 1. The first-order valence-electron chi connectivity index (χ1n) is 9.83. The summed E-state index contributed by atoms with van der Waals surface area (Å²) in [6.07, 6.45) is 3.79. The molecule has 0 spiro atoms. The van der Waals surface area contributed by atoms with E-state index in [2.05, 4.69) is 38.2 Å². The highest BCUT2D eigenvalue weighted by Crippen LogP contribution is 2.24. The molecule has 7 heteroatoms. The van der Waals surface area contributed by atoms with Gasteiger partial charge in [0.2, 0.25) is 5.82 Å². The lowest BCUT2D eigenvalue weighted by Gasteiger charge is -2.23. The maximum absolute atomic E-state index is 12.3. The predicted octanol–water partition coefficient (Wildman–Crippen LogP) is 1.99. The van der Waals surface area contributed by atoms with Crippen LogP contribution in [0.4, 0.5) is 5.82 Å². The summed E-state index contributed by atoms with van der Waals surface area (Å²) in [6, 6.07) is 6.77. The fourth-order valence-electron chi connectivity index (χ4n) is 3.60. The fourth-order valence-corrected chi connectivity index (χ4v) is 3.60. The van der Waals surface area contributed by atoms with Crippen molar-refractivity contribution in [3.05, 3.63) is 47.2 Å². The minimum Gasteiger partial charge on any atom is -0.355 e. The molecule has 1 aliphatic rings. The lowest BCUT2D eigenvalue weighted by Crippen LogP contribution is -2.40. The summed E-state index contributed by atoms with van der Waals surface area (Å²) in [5.41, 5.74) is 3.00. The largest absolute Gasteiger partial charge is 0.355 e. The van der Waals surface area contributed by atoms with Gasteiger partial charge in [-0.25, -0.2) is 9.97 Å². The quantitative estimate of drug-likeness (QED) is 0.824. The zero-order valence-electron chi connectivity index (χ0n) is 17.4. The molecule has 28 heavy (non-hydrogen) atoms. The lowest BCUT2D eigenvalue weighted by molar-refractivity contribution is 0.0815. The predicted molar refractivity (Wildman–Crippen MR) is 111 cm³/mol. The van der Waals surface area contributed by atoms with Crippen molar-refractivity contribution in [2.45, 2.75) is 45.7 Å². The molecule has 3 heterocycles. The summed E-state index contributed by atoms with van der Waals surface area (Å²) in [5.74, 6) is 0.976. The first-order chi connectivity index (χ1) is 13.3. The first-order valence-corrected chi connectivity index (χ1v) is 9.83. The maximum Gasteiger partial charge on any atom is 0.291 e. The monoisotopic (exact) mass is 382 g/mol. The van der Waals surface area contributed by atoms with Gasteiger partial charge in [0.15, 0.2) is 0 Å². The standard InChI is InChI=1S/C21H30N6O/c1-14(12-17-8-6-7-10-22-17)23-18-9-11-27(13-18)20-15(2)16(3)24-19(25-20)21(28)26(4)5/h6-8,10,14,18,23H,9,11-13H2,1-5H3/t14?,18-/m1/s1. The molecule has 1 saturated heterocycles. The van der Waals surface area contributed by atoms with Crippen LogP contribution >= 0.6 is 0 Å². The average molecular weight is 383 g/mol. The van der Waals surface area contributed by atoms with E-state index in [-0.39, 0.29) is 11.7 Å². The minimum absolute atomic E-state index is 0.165. The van der Waals surface area contributed by atoms with Crippen LogP contribution in [-0.2, 0) is 6.42 Å². The van der Waals surface area contributed by atoms with Crippen LogP contribution in [0, 0.1) is 13.8 Å².